The Balaban J connectivity index is 1.63. The molecule has 4 heteroatoms. The van der Waals surface area contributed by atoms with Crippen LogP contribution in [0.5, 0.6) is 0 Å². The van der Waals surface area contributed by atoms with Gasteiger partial charge in [0.2, 0.25) is 0 Å². The normalized spacial score (nSPS) is 23.5. The molecule has 1 aliphatic heterocycles. The number of rotatable bonds is 4. The van der Waals surface area contributed by atoms with Crippen molar-refractivity contribution in [2.24, 2.45) is 0 Å². The molecule has 1 unspecified atom stereocenters. The molecule has 1 aromatic carbocycles. The minimum Gasteiger partial charge on any atom is -0.398 e. The highest BCUT2D eigenvalue weighted by Crippen LogP contribution is 2.30. The van der Waals surface area contributed by atoms with E-state index in [9.17, 15) is 4.79 Å². The van der Waals surface area contributed by atoms with Crippen LogP contribution in [0.4, 0.5) is 11.4 Å². The molecule has 19 heavy (non-hydrogen) atoms. The first-order valence-electron chi connectivity index (χ1n) is 7.04. The lowest BCUT2D eigenvalue weighted by Crippen LogP contribution is -2.27. The lowest BCUT2D eigenvalue weighted by Gasteiger charge is -2.17. The summed E-state index contributed by atoms with van der Waals surface area (Å²) in [7, 11) is 0. The van der Waals surface area contributed by atoms with E-state index in [1.807, 2.05) is 18.2 Å². The SMILES string of the molecule is CC(=O)c1ccc(NC2CCN(C3CC3)C2)cc1N. The predicted molar refractivity (Wildman–Crippen MR) is 77.5 cm³/mol. The van der Waals surface area contributed by atoms with E-state index in [0.29, 0.717) is 17.3 Å². The first-order chi connectivity index (χ1) is 9.13. The lowest BCUT2D eigenvalue weighted by molar-refractivity contribution is 0.101. The van der Waals surface area contributed by atoms with Crippen molar-refractivity contribution >= 4 is 17.2 Å². The largest absolute Gasteiger partial charge is 0.398 e. The molecule has 102 valence electrons. The molecule has 0 aromatic heterocycles. The molecule has 1 aromatic rings. The van der Waals surface area contributed by atoms with E-state index in [1.165, 1.54) is 25.8 Å². The maximum atomic E-state index is 11.3. The highest BCUT2D eigenvalue weighted by atomic mass is 16.1. The van der Waals surface area contributed by atoms with E-state index in [-0.39, 0.29) is 5.78 Å². The zero-order valence-corrected chi connectivity index (χ0v) is 11.4. The number of likely N-dealkylation sites (tertiary alicyclic amines) is 1. The Kier molecular flexibility index (Phi) is 3.19. The number of ketones is 1. The number of benzene rings is 1. The van der Waals surface area contributed by atoms with Crippen LogP contribution in [0.25, 0.3) is 0 Å². The van der Waals surface area contributed by atoms with Crippen LogP contribution in [0.3, 0.4) is 0 Å². The van der Waals surface area contributed by atoms with E-state index in [0.717, 1.165) is 18.3 Å². The Hall–Kier alpha value is -1.55. The molecule has 3 N–H and O–H groups in total. The van der Waals surface area contributed by atoms with Crippen LogP contribution in [0.2, 0.25) is 0 Å². The molecular weight excluding hydrogens is 238 g/mol. The van der Waals surface area contributed by atoms with Gasteiger partial charge in [-0.05, 0) is 44.4 Å². The monoisotopic (exact) mass is 259 g/mol. The van der Waals surface area contributed by atoms with Gasteiger partial charge in [0, 0.05) is 42.1 Å². The van der Waals surface area contributed by atoms with Gasteiger partial charge in [0.15, 0.2) is 5.78 Å². The third-order valence-electron chi connectivity index (χ3n) is 4.08. The summed E-state index contributed by atoms with van der Waals surface area (Å²) < 4.78 is 0. The van der Waals surface area contributed by atoms with Crippen molar-refractivity contribution in [1.82, 2.24) is 4.90 Å². The van der Waals surface area contributed by atoms with Crippen molar-refractivity contribution in [2.75, 3.05) is 24.1 Å². The number of nitrogens with one attached hydrogen (secondary N) is 1. The number of nitrogens with two attached hydrogens (primary N) is 1. The van der Waals surface area contributed by atoms with E-state index < -0.39 is 0 Å². The van der Waals surface area contributed by atoms with Crippen LogP contribution in [0.15, 0.2) is 18.2 Å². The fraction of sp³-hybridized carbons (Fsp3) is 0.533. The molecule has 0 amide bonds. The quantitative estimate of drug-likeness (QED) is 0.642. The third kappa shape index (κ3) is 2.73. The Morgan fingerprint density at radius 3 is 2.79 bits per heavy atom. The second kappa shape index (κ2) is 4.85. The van der Waals surface area contributed by atoms with Gasteiger partial charge in [-0.1, -0.05) is 0 Å². The minimum absolute atomic E-state index is 0.0184. The molecule has 0 bridgehead atoms. The number of anilines is 2. The summed E-state index contributed by atoms with van der Waals surface area (Å²) >= 11 is 0. The number of carbonyl (C=O) groups excluding carboxylic acids is 1. The lowest BCUT2D eigenvalue weighted by atomic mass is 10.1. The maximum absolute atomic E-state index is 11.3. The van der Waals surface area contributed by atoms with Gasteiger partial charge in [-0.25, -0.2) is 0 Å². The Morgan fingerprint density at radius 2 is 2.16 bits per heavy atom. The molecule has 3 rings (SSSR count). The number of Topliss-reactive ketones (excluding diaryl/α,β-unsaturated/α-hetero) is 1. The zero-order chi connectivity index (χ0) is 13.4. The molecule has 1 saturated carbocycles. The van der Waals surface area contributed by atoms with E-state index in [1.54, 1.807) is 6.92 Å². The summed E-state index contributed by atoms with van der Waals surface area (Å²) in [5, 5.41) is 3.53. The molecule has 1 aliphatic carbocycles. The number of hydrogen-bond donors (Lipinski definition) is 2. The van der Waals surface area contributed by atoms with Crippen LogP contribution in [-0.4, -0.2) is 35.9 Å². The van der Waals surface area contributed by atoms with Gasteiger partial charge in [-0.2, -0.15) is 0 Å². The number of hydrogen-bond acceptors (Lipinski definition) is 4. The Labute approximate surface area is 114 Å². The van der Waals surface area contributed by atoms with Gasteiger partial charge in [-0.3, -0.25) is 9.69 Å². The highest BCUT2D eigenvalue weighted by molar-refractivity contribution is 5.99. The van der Waals surface area contributed by atoms with Crippen LogP contribution >= 0.6 is 0 Å². The summed E-state index contributed by atoms with van der Waals surface area (Å²) in [4.78, 5) is 13.9. The average Bonchev–Trinajstić information content (AvgIpc) is 3.10. The van der Waals surface area contributed by atoms with Crippen molar-refractivity contribution in [3.05, 3.63) is 23.8 Å². The second-order valence-electron chi connectivity index (χ2n) is 5.71. The molecule has 2 fully saturated rings. The first-order valence-corrected chi connectivity index (χ1v) is 7.04. The summed E-state index contributed by atoms with van der Waals surface area (Å²) in [6, 6.07) is 6.98. The smallest absolute Gasteiger partial charge is 0.161 e. The van der Waals surface area contributed by atoms with Crippen LogP contribution in [-0.2, 0) is 0 Å². The molecule has 1 heterocycles. The maximum Gasteiger partial charge on any atom is 0.161 e. The van der Waals surface area contributed by atoms with E-state index >= 15 is 0 Å². The molecular formula is C15H21N3O. The summed E-state index contributed by atoms with van der Waals surface area (Å²) in [5.74, 6) is 0.0184. The molecule has 1 saturated heterocycles. The second-order valence-corrected chi connectivity index (χ2v) is 5.71. The third-order valence-corrected chi connectivity index (χ3v) is 4.08. The van der Waals surface area contributed by atoms with Crippen LogP contribution < -0.4 is 11.1 Å². The summed E-state index contributed by atoms with van der Waals surface area (Å²) in [6.45, 7) is 3.87. The number of nitrogens with zero attached hydrogens (tertiary/aromatic N) is 1. The molecule has 2 aliphatic rings. The van der Waals surface area contributed by atoms with Crippen molar-refractivity contribution in [3.8, 4) is 0 Å². The standard InChI is InChI=1S/C15H21N3O/c1-10(19)14-5-2-11(8-15(14)16)17-12-6-7-18(9-12)13-3-4-13/h2,5,8,12-13,17H,3-4,6-7,9,16H2,1H3. The number of nitrogen functional groups attached to an aromatic ring is 1. The van der Waals surface area contributed by atoms with Crippen molar-refractivity contribution < 1.29 is 4.79 Å². The Bertz CT molecular complexity index is 496. The summed E-state index contributed by atoms with van der Waals surface area (Å²) in [5.41, 5.74) is 8.10. The average molecular weight is 259 g/mol. The first kappa shape index (κ1) is 12.5. The van der Waals surface area contributed by atoms with Crippen LogP contribution in [0, 0.1) is 0 Å². The van der Waals surface area contributed by atoms with E-state index in [2.05, 4.69) is 10.2 Å². The molecule has 4 nitrogen and oxygen atoms in total. The predicted octanol–water partition coefficient (Wildman–Crippen LogP) is 2.12. The van der Waals surface area contributed by atoms with Gasteiger partial charge >= 0.3 is 0 Å². The van der Waals surface area contributed by atoms with Crippen molar-refractivity contribution in [1.29, 1.82) is 0 Å². The fourth-order valence-electron chi connectivity index (χ4n) is 2.89. The van der Waals surface area contributed by atoms with Crippen molar-refractivity contribution in [3.63, 3.8) is 0 Å². The van der Waals surface area contributed by atoms with Gasteiger partial charge < -0.3 is 11.1 Å². The fourth-order valence-corrected chi connectivity index (χ4v) is 2.89. The Morgan fingerprint density at radius 1 is 1.37 bits per heavy atom. The van der Waals surface area contributed by atoms with Crippen LogP contribution in [0.1, 0.15) is 36.5 Å². The van der Waals surface area contributed by atoms with Crippen molar-refractivity contribution in [2.45, 2.75) is 38.3 Å². The van der Waals surface area contributed by atoms with Gasteiger partial charge in [-0.15, -0.1) is 0 Å². The van der Waals surface area contributed by atoms with E-state index in [4.69, 9.17) is 5.73 Å². The molecule has 0 radical (unpaired) electrons. The molecule has 1 atom stereocenters. The van der Waals surface area contributed by atoms with Gasteiger partial charge in [0.25, 0.3) is 0 Å². The zero-order valence-electron chi connectivity index (χ0n) is 11.4. The van der Waals surface area contributed by atoms with Gasteiger partial charge in [0.05, 0.1) is 0 Å². The minimum atomic E-state index is 0.0184. The molecule has 0 spiro atoms. The topological polar surface area (TPSA) is 58.4 Å². The highest BCUT2D eigenvalue weighted by Gasteiger charge is 2.34. The number of carbonyl (C=O) groups is 1. The summed E-state index contributed by atoms with van der Waals surface area (Å²) in [6.07, 6.45) is 3.92. The van der Waals surface area contributed by atoms with Gasteiger partial charge in [0.1, 0.15) is 0 Å².